The first kappa shape index (κ1) is 15.4. The second kappa shape index (κ2) is 5.18. The number of nitro benzene ring substituents is 1. The zero-order valence-corrected chi connectivity index (χ0v) is 13.4. The highest BCUT2D eigenvalue weighted by Gasteiger charge is 2.32. The van der Waals surface area contributed by atoms with Crippen molar-refractivity contribution in [3.8, 4) is 0 Å². The molecule has 0 spiro atoms. The summed E-state index contributed by atoms with van der Waals surface area (Å²) in [6.07, 6.45) is 0.466. The summed E-state index contributed by atoms with van der Waals surface area (Å²) in [6.45, 7) is 0.188. The average molecular weight is 361 g/mol. The summed E-state index contributed by atoms with van der Waals surface area (Å²) in [7, 11) is -3.94. The number of fused-ring (bicyclic) bond motifs is 2. The maximum atomic E-state index is 13.0. The molecule has 0 aliphatic carbocycles. The minimum atomic E-state index is -3.94. The van der Waals surface area contributed by atoms with Gasteiger partial charge in [-0.2, -0.15) is 0 Å². The average Bonchev–Trinajstić information content (AvgIpc) is 3.15. The highest BCUT2D eigenvalue weighted by Crippen LogP contribution is 2.35. The first-order valence-corrected chi connectivity index (χ1v) is 8.73. The highest BCUT2D eigenvalue weighted by molar-refractivity contribution is 7.92. The van der Waals surface area contributed by atoms with Crippen LogP contribution in [0.3, 0.4) is 0 Å². The molecule has 1 aliphatic rings. The predicted molar refractivity (Wildman–Crippen MR) is 88.2 cm³/mol. The van der Waals surface area contributed by atoms with Crippen LogP contribution in [-0.4, -0.2) is 24.9 Å². The molecule has 0 radical (unpaired) electrons. The molecule has 0 amide bonds. The molecule has 0 unspecified atom stereocenters. The minimum absolute atomic E-state index is 0.0536. The summed E-state index contributed by atoms with van der Waals surface area (Å²) < 4.78 is 32.0. The highest BCUT2D eigenvalue weighted by atomic mass is 32.2. The van der Waals surface area contributed by atoms with Gasteiger partial charge in [0, 0.05) is 24.7 Å². The van der Waals surface area contributed by atoms with Gasteiger partial charge < -0.3 is 4.42 Å². The summed E-state index contributed by atoms with van der Waals surface area (Å²) in [6, 6.07) is 8.25. The Hall–Kier alpha value is -3.14. The summed E-state index contributed by atoms with van der Waals surface area (Å²) in [5.41, 5.74) is 1.37. The Labute approximate surface area is 140 Å². The molecule has 1 N–H and O–H groups in total. The number of nitrogens with zero attached hydrogens (tertiary/aromatic N) is 2. The van der Waals surface area contributed by atoms with Crippen LogP contribution in [0, 0.1) is 10.1 Å². The molecule has 1 aromatic heterocycles. The van der Waals surface area contributed by atoms with E-state index in [1.54, 1.807) is 6.07 Å². The lowest BCUT2D eigenvalue weighted by Crippen LogP contribution is -2.29. The Morgan fingerprint density at radius 2 is 2.00 bits per heavy atom. The number of H-pyrrole nitrogens is 1. The van der Waals surface area contributed by atoms with E-state index < -0.39 is 20.7 Å². The van der Waals surface area contributed by atoms with Gasteiger partial charge in [-0.15, -0.1) is 0 Å². The van der Waals surface area contributed by atoms with Gasteiger partial charge in [-0.05, 0) is 24.1 Å². The van der Waals surface area contributed by atoms with E-state index in [2.05, 4.69) is 4.98 Å². The largest absolute Gasteiger partial charge is 0.417 e. The number of nitro groups is 1. The monoisotopic (exact) mass is 361 g/mol. The number of benzene rings is 2. The summed E-state index contributed by atoms with van der Waals surface area (Å²) in [4.78, 5) is 24.0. The van der Waals surface area contributed by atoms with Crippen LogP contribution < -0.4 is 10.1 Å². The molecule has 0 saturated heterocycles. The molecule has 128 valence electrons. The van der Waals surface area contributed by atoms with Crippen LogP contribution in [0.25, 0.3) is 11.1 Å². The van der Waals surface area contributed by atoms with Crippen molar-refractivity contribution < 1.29 is 17.8 Å². The Morgan fingerprint density at radius 3 is 2.76 bits per heavy atom. The maximum Gasteiger partial charge on any atom is 0.417 e. The van der Waals surface area contributed by atoms with Crippen molar-refractivity contribution in [2.45, 2.75) is 11.3 Å². The number of aromatic amines is 1. The lowest BCUT2D eigenvalue weighted by molar-refractivity contribution is -0.384. The van der Waals surface area contributed by atoms with Gasteiger partial charge in [-0.25, -0.2) is 13.2 Å². The van der Waals surface area contributed by atoms with Crippen LogP contribution in [0.5, 0.6) is 0 Å². The normalized spacial score (nSPS) is 14.0. The van der Waals surface area contributed by atoms with Gasteiger partial charge in [0.05, 0.1) is 21.0 Å². The number of anilines is 1. The molecule has 0 saturated carbocycles. The van der Waals surface area contributed by atoms with E-state index in [1.807, 2.05) is 0 Å². The van der Waals surface area contributed by atoms with Gasteiger partial charge in [-0.3, -0.25) is 19.4 Å². The van der Waals surface area contributed by atoms with Crippen molar-refractivity contribution >= 4 is 32.5 Å². The van der Waals surface area contributed by atoms with Crippen LogP contribution in [0.1, 0.15) is 5.56 Å². The fourth-order valence-corrected chi connectivity index (χ4v) is 4.43. The van der Waals surface area contributed by atoms with Crippen molar-refractivity contribution in [1.82, 2.24) is 4.98 Å². The summed E-state index contributed by atoms with van der Waals surface area (Å²) in [5, 5.41) is 11.0. The molecule has 0 atom stereocenters. The van der Waals surface area contributed by atoms with Gasteiger partial charge in [0.15, 0.2) is 5.58 Å². The summed E-state index contributed by atoms with van der Waals surface area (Å²) >= 11 is 0. The third-order valence-corrected chi connectivity index (χ3v) is 5.92. The Balaban J connectivity index is 1.82. The Bertz CT molecular complexity index is 1180. The lowest BCUT2D eigenvalue weighted by Gasteiger charge is -2.19. The molecular weight excluding hydrogens is 350 g/mol. The fourth-order valence-electron chi connectivity index (χ4n) is 2.91. The second-order valence-corrected chi connectivity index (χ2v) is 7.43. The molecule has 25 heavy (non-hydrogen) atoms. The Morgan fingerprint density at radius 1 is 1.20 bits per heavy atom. The molecule has 4 rings (SSSR count). The van der Waals surface area contributed by atoms with E-state index in [1.165, 1.54) is 30.3 Å². The van der Waals surface area contributed by atoms with Crippen molar-refractivity contribution in [3.05, 3.63) is 62.6 Å². The van der Waals surface area contributed by atoms with Gasteiger partial charge in [-0.1, -0.05) is 6.07 Å². The number of hydrogen-bond donors (Lipinski definition) is 1. The molecule has 0 fully saturated rings. The number of oxazole rings is 1. The third-order valence-electron chi connectivity index (χ3n) is 4.11. The van der Waals surface area contributed by atoms with Crippen molar-refractivity contribution in [2.75, 3.05) is 10.8 Å². The van der Waals surface area contributed by atoms with E-state index in [-0.39, 0.29) is 22.7 Å². The first-order valence-electron chi connectivity index (χ1n) is 7.29. The smallest absolute Gasteiger partial charge is 0.408 e. The number of rotatable bonds is 3. The van der Waals surface area contributed by atoms with Crippen LogP contribution >= 0.6 is 0 Å². The van der Waals surface area contributed by atoms with Gasteiger partial charge in [0.25, 0.3) is 15.7 Å². The third kappa shape index (κ3) is 2.38. The zero-order chi connectivity index (χ0) is 17.8. The number of aromatic nitrogens is 1. The molecule has 2 aromatic carbocycles. The van der Waals surface area contributed by atoms with Crippen LogP contribution in [0.2, 0.25) is 0 Å². The van der Waals surface area contributed by atoms with E-state index >= 15 is 0 Å². The standard InChI is InChI=1S/C15H11N3O6S/c19-15-16-12-4-3-11(8-14(12)24-15)25(22,23)17-6-5-9-1-2-10(18(20)21)7-13(9)17/h1-4,7-8H,5-6H2,(H,16,19). The van der Waals surface area contributed by atoms with Crippen LogP contribution in [0.4, 0.5) is 11.4 Å². The minimum Gasteiger partial charge on any atom is -0.408 e. The van der Waals surface area contributed by atoms with E-state index in [0.29, 0.717) is 17.6 Å². The van der Waals surface area contributed by atoms with E-state index in [9.17, 15) is 23.3 Å². The Kier molecular flexibility index (Phi) is 3.19. The zero-order valence-electron chi connectivity index (χ0n) is 12.6. The molecule has 9 nitrogen and oxygen atoms in total. The van der Waals surface area contributed by atoms with Gasteiger partial charge >= 0.3 is 5.76 Å². The fraction of sp³-hybridized carbons (Fsp3) is 0.133. The maximum absolute atomic E-state index is 13.0. The first-order chi connectivity index (χ1) is 11.9. The quantitative estimate of drug-likeness (QED) is 0.560. The number of non-ortho nitro benzene ring substituents is 1. The molecule has 0 bridgehead atoms. The number of sulfonamides is 1. The van der Waals surface area contributed by atoms with Crippen molar-refractivity contribution in [1.29, 1.82) is 0 Å². The number of nitrogens with one attached hydrogen (secondary N) is 1. The van der Waals surface area contributed by atoms with E-state index in [0.717, 1.165) is 9.87 Å². The predicted octanol–water partition coefficient (Wildman–Crippen LogP) is 1.78. The molecular formula is C15H11N3O6S. The molecule has 3 aromatic rings. The molecule has 10 heteroatoms. The molecule has 1 aliphatic heterocycles. The van der Waals surface area contributed by atoms with Crippen LogP contribution in [0.15, 0.2) is 50.5 Å². The van der Waals surface area contributed by atoms with Crippen molar-refractivity contribution in [3.63, 3.8) is 0 Å². The van der Waals surface area contributed by atoms with Gasteiger partial charge in [0.1, 0.15) is 0 Å². The van der Waals surface area contributed by atoms with E-state index in [4.69, 9.17) is 4.42 Å². The van der Waals surface area contributed by atoms with Crippen molar-refractivity contribution in [2.24, 2.45) is 0 Å². The topological polar surface area (TPSA) is 127 Å². The lowest BCUT2D eigenvalue weighted by atomic mass is 10.1. The molecule has 2 heterocycles. The second-order valence-electron chi connectivity index (χ2n) is 5.57. The SMILES string of the molecule is O=c1[nH]c2ccc(S(=O)(=O)N3CCc4ccc([N+](=O)[O-])cc43)cc2o1. The number of hydrogen-bond acceptors (Lipinski definition) is 6. The van der Waals surface area contributed by atoms with Gasteiger partial charge in [0.2, 0.25) is 0 Å². The summed E-state index contributed by atoms with van der Waals surface area (Å²) in [5.74, 6) is -0.674. The van der Waals surface area contributed by atoms with Crippen LogP contribution in [-0.2, 0) is 16.4 Å².